The summed E-state index contributed by atoms with van der Waals surface area (Å²) in [5.74, 6) is 0.0810. The Hall–Kier alpha value is -3.45. The monoisotopic (exact) mass is 546 g/mol. The number of ether oxygens (including phenoxy) is 2. The van der Waals surface area contributed by atoms with Crippen LogP contribution in [-0.2, 0) is 10.2 Å². The first-order chi connectivity index (χ1) is 16.1. The van der Waals surface area contributed by atoms with Gasteiger partial charge in [0, 0.05) is 17.0 Å². The number of hydrogen-bond donors (Lipinski definition) is 0. The van der Waals surface area contributed by atoms with Crippen LogP contribution < -0.4 is 9.47 Å². The summed E-state index contributed by atoms with van der Waals surface area (Å²) in [6, 6.07) is 34.4. The molecule has 1 aliphatic heterocycles. The van der Waals surface area contributed by atoms with Gasteiger partial charge in [0.15, 0.2) is 0 Å². The molecule has 0 radical (unpaired) electrons. The Morgan fingerprint density at radius 3 is 2.12 bits per heavy atom. The van der Waals surface area contributed by atoms with E-state index in [1.165, 1.54) is 0 Å². The van der Waals surface area contributed by atoms with Crippen molar-refractivity contribution in [3.63, 3.8) is 0 Å². The number of halogens is 1. The summed E-state index contributed by atoms with van der Waals surface area (Å²) in [6.45, 7) is 0. The van der Waals surface area contributed by atoms with Gasteiger partial charge in [0.1, 0.15) is 16.9 Å². The van der Waals surface area contributed by atoms with Crippen LogP contribution in [0.5, 0.6) is 11.5 Å². The minimum atomic E-state index is -1.17. The van der Waals surface area contributed by atoms with Crippen molar-refractivity contribution in [3.05, 3.63) is 131 Å². The molecule has 0 N–H and O–H groups in total. The van der Waals surface area contributed by atoms with Gasteiger partial charge < -0.3 is 9.47 Å². The average molecular weight is 546 g/mol. The number of fused-ring (bicyclic) bond motifs is 1. The molecule has 4 aromatic rings. The molecule has 162 valence electrons. The van der Waals surface area contributed by atoms with Crippen molar-refractivity contribution in [2.45, 2.75) is 11.3 Å². The fourth-order valence-corrected chi connectivity index (χ4v) is 5.03. The molecular formula is C28H19IO4. The summed E-state index contributed by atoms with van der Waals surface area (Å²) in [5, 5.41) is 0. The molecular weight excluding hydrogens is 527 g/mol. The van der Waals surface area contributed by atoms with Crippen LogP contribution in [0.4, 0.5) is 4.79 Å². The molecule has 5 rings (SSSR count). The van der Waals surface area contributed by atoms with Crippen molar-refractivity contribution >= 4 is 32.5 Å². The molecule has 0 fully saturated rings. The molecule has 0 amide bonds. The number of benzene rings is 4. The Morgan fingerprint density at radius 2 is 1.39 bits per heavy atom. The summed E-state index contributed by atoms with van der Waals surface area (Å²) in [6.07, 6.45) is 0. The SMILES string of the molecule is O=C(I)Oc1ccccc1C(c1ccccc1)C1(c2ccccc2)C(=O)Oc2ccccc21. The zero-order chi connectivity index (χ0) is 22.8. The van der Waals surface area contributed by atoms with E-state index in [4.69, 9.17) is 9.47 Å². The molecule has 0 aliphatic carbocycles. The standard InChI is InChI=1S/C28H19IO4/c29-27(31)33-23-17-9-7-15-21(23)25(19-11-3-1-4-12-19)28(20-13-5-2-6-14-20)22-16-8-10-18-24(22)32-26(28)30/h1-18,25H. The smallest absolute Gasteiger partial charge is 0.372 e. The lowest BCUT2D eigenvalue weighted by atomic mass is 9.62. The van der Waals surface area contributed by atoms with E-state index < -0.39 is 15.3 Å². The highest BCUT2D eigenvalue weighted by atomic mass is 127. The van der Waals surface area contributed by atoms with Crippen LogP contribution in [0.3, 0.4) is 0 Å². The molecule has 1 heterocycles. The van der Waals surface area contributed by atoms with E-state index in [-0.39, 0.29) is 5.97 Å². The molecule has 2 unspecified atom stereocenters. The van der Waals surface area contributed by atoms with E-state index in [0.717, 1.165) is 22.3 Å². The van der Waals surface area contributed by atoms with Gasteiger partial charge in [-0.05, 0) is 23.3 Å². The van der Waals surface area contributed by atoms with E-state index in [2.05, 4.69) is 0 Å². The summed E-state index contributed by atoms with van der Waals surface area (Å²) < 4.78 is 11.0. The summed E-state index contributed by atoms with van der Waals surface area (Å²) in [4.78, 5) is 25.9. The van der Waals surface area contributed by atoms with Crippen molar-refractivity contribution in [1.82, 2.24) is 0 Å². The fourth-order valence-electron chi connectivity index (χ4n) is 4.79. The first kappa shape index (κ1) is 21.4. The third-order valence-electron chi connectivity index (χ3n) is 6.05. The van der Waals surface area contributed by atoms with E-state index in [1.807, 2.05) is 103 Å². The third kappa shape index (κ3) is 3.62. The Balaban J connectivity index is 1.89. The van der Waals surface area contributed by atoms with Crippen LogP contribution in [0.1, 0.15) is 28.2 Å². The van der Waals surface area contributed by atoms with Gasteiger partial charge in [-0.1, -0.05) is 97.1 Å². The highest BCUT2D eigenvalue weighted by Gasteiger charge is 2.57. The maximum absolute atomic E-state index is 13.9. The van der Waals surface area contributed by atoms with E-state index in [0.29, 0.717) is 11.5 Å². The van der Waals surface area contributed by atoms with E-state index in [1.54, 1.807) is 28.7 Å². The van der Waals surface area contributed by atoms with Gasteiger partial charge in [-0.25, -0.2) is 4.79 Å². The summed E-state index contributed by atoms with van der Waals surface area (Å²) in [7, 11) is 0. The highest BCUT2D eigenvalue weighted by Crippen LogP contribution is 2.56. The molecule has 4 aromatic carbocycles. The Morgan fingerprint density at radius 1 is 0.788 bits per heavy atom. The molecule has 2 atom stereocenters. The Kier molecular flexibility index (Phi) is 5.72. The number of esters is 1. The topological polar surface area (TPSA) is 52.6 Å². The number of para-hydroxylation sites is 2. The van der Waals surface area contributed by atoms with E-state index in [9.17, 15) is 9.59 Å². The highest BCUT2D eigenvalue weighted by molar-refractivity contribution is 14.1. The van der Waals surface area contributed by atoms with Crippen LogP contribution in [-0.4, -0.2) is 9.95 Å². The second-order valence-electron chi connectivity index (χ2n) is 7.78. The minimum absolute atomic E-state index is 0.362. The van der Waals surface area contributed by atoms with E-state index >= 15 is 0 Å². The number of rotatable bonds is 5. The average Bonchev–Trinajstić information content (AvgIpc) is 3.14. The molecule has 0 spiro atoms. The first-order valence-corrected chi connectivity index (χ1v) is 11.6. The van der Waals surface area contributed by atoms with Crippen molar-refractivity contribution in [3.8, 4) is 11.5 Å². The molecule has 33 heavy (non-hydrogen) atoms. The summed E-state index contributed by atoms with van der Waals surface area (Å²) in [5.41, 5.74) is 2.06. The predicted molar refractivity (Wildman–Crippen MR) is 134 cm³/mol. The molecule has 0 saturated heterocycles. The van der Waals surface area contributed by atoms with Crippen LogP contribution in [0, 0.1) is 0 Å². The Bertz CT molecular complexity index is 1320. The second-order valence-corrected chi connectivity index (χ2v) is 8.66. The number of carbonyl (C=O) groups excluding carboxylic acids is 2. The molecule has 0 saturated carbocycles. The van der Waals surface area contributed by atoms with Crippen LogP contribution in [0.15, 0.2) is 109 Å². The lowest BCUT2D eigenvalue weighted by molar-refractivity contribution is -0.137. The molecule has 0 aromatic heterocycles. The molecule has 5 heteroatoms. The quantitative estimate of drug-likeness (QED) is 0.122. The third-order valence-corrected chi connectivity index (χ3v) is 6.27. The minimum Gasteiger partial charge on any atom is -0.425 e. The second kappa shape index (κ2) is 8.83. The lowest BCUT2D eigenvalue weighted by Crippen LogP contribution is -2.42. The maximum Gasteiger partial charge on any atom is 0.372 e. The van der Waals surface area contributed by atoms with Crippen LogP contribution in [0.25, 0.3) is 0 Å². The first-order valence-electron chi connectivity index (χ1n) is 10.5. The van der Waals surface area contributed by atoms with Gasteiger partial charge in [-0.3, -0.25) is 4.79 Å². The predicted octanol–water partition coefficient (Wildman–Crippen LogP) is 6.66. The molecule has 4 nitrogen and oxygen atoms in total. The largest absolute Gasteiger partial charge is 0.425 e. The zero-order valence-corrected chi connectivity index (χ0v) is 19.6. The summed E-state index contributed by atoms with van der Waals surface area (Å²) >= 11 is 1.62. The normalized spacial score (nSPS) is 17.7. The van der Waals surface area contributed by atoms with Gasteiger partial charge in [0.05, 0.1) is 22.6 Å². The van der Waals surface area contributed by atoms with Crippen LogP contribution >= 0.6 is 22.6 Å². The van der Waals surface area contributed by atoms with Gasteiger partial charge >= 0.3 is 9.95 Å². The fraction of sp³-hybridized carbons (Fsp3) is 0.0714. The van der Waals surface area contributed by atoms with Gasteiger partial charge in [0.25, 0.3) is 0 Å². The van der Waals surface area contributed by atoms with Crippen molar-refractivity contribution < 1.29 is 19.1 Å². The van der Waals surface area contributed by atoms with Crippen molar-refractivity contribution in [2.24, 2.45) is 0 Å². The zero-order valence-electron chi connectivity index (χ0n) is 17.5. The van der Waals surface area contributed by atoms with Gasteiger partial charge in [-0.2, -0.15) is 0 Å². The van der Waals surface area contributed by atoms with Gasteiger partial charge in [-0.15, -0.1) is 0 Å². The Labute approximate surface area is 205 Å². The van der Waals surface area contributed by atoms with Crippen LogP contribution in [0.2, 0.25) is 0 Å². The maximum atomic E-state index is 13.9. The number of hydrogen-bond acceptors (Lipinski definition) is 4. The van der Waals surface area contributed by atoms with Crippen molar-refractivity contribution in [2.75, 3.05) is 0 Å². The number of carbonyl (C=O) groups is 2. The molecule has 1 aliphatic rings. The van der Waals surface area contributed by atoms with Gasteiger partial charge in [0.2, 0.25) is 0 Å². The lowest BCUT2D eigenvalue weighted by Gasteiger charge is -2.36. The van der Waals surface area contributed by atoms with Crippen molar-refractivity contribution in [1.29, 1.82) is 0 Å². The molecule has 0 bridgehead atoms.